The predicted octanol–water partition coefficient (Wildman–Crippen LogP) is 3.71. The van der Waals surface area contributed by atoms with Crippen LogP contribution in [0.25, 0.3) is 0 Å². The molecule has 0 bridgehead atoms. The van der Waals surface area contributed by atoms with Gasteiger partial charge in [-0.25, -0.2) is 0 Å². The van der Waals surface area contributed by atoms with Crippen molar-refractivity contribution in [2.24, 2.45) is 5.73 Å². The summed E-state index contributed by atoms with van der Waals surface area (Å²) in [6.07, 6.45) is 4.66. The molecule has 1 aromatic rings. The van der Waals surface area contributed by atoms with Crippen molar-refractivity contribution in [2.75, 3.05) is 0 Å². The molecule has 3 heteroatoms. The minimum atomic E-state index is 0.342. The Morgan fingerprint density at radius 2 is 1.65 bits per heavy atom. The molecule has 2 rings (SSSR count). The monoisotopic (exact) mass is 297 g/mol. The maximum atomic E-state index is 6.04. The van der Waals surface area contributed by atoms with Crippen LogP contribution in [0.3, 0.4) is 0 Å². The zero-order valence-corrected chi connectivity index (χ0v) is 12.1. The van der Waals surface area contributed by atoms with Crippen LogP contribution in [0.1, 0.15) is 36.8 Å². The van der Waals surface area contributed by atoms with Gasteiger partial charge in [-0.2, -0.15) is 0 Å². The van der Waals surface area contributed by atoms with Gasteiger partial charge in [0.15, 0.2) is 0 Å². The van der Waals surface area contributed by atoms with E-state index in [4.69, 9.17) is 10.5 Å². The van der Waals surface area contributed by atoms with Crippen LogP contribution in [-0.2, 0) is 0 Å². The lowest BCUT2D eigenvalue weighted by Crippen LogP contribution is -2.31. The summed E-state index contributed by atoms with van der Waals surface area (Å²) in [5, 5.41) is 0. The number of benzene rings is 1. The van der Waals surface area contributed by atoms with Gasteiger partial charge in [-0.3, -0.25) is 0 Å². The zero-order chi connectivity index (χ0) is 12.4. The number of hydrogen-bond acceptors (Lipinski definition) is 2. The normalized spacial score (nSPS) is 24.7. The van der Waals surface area contributed by atoms with Crippen LogP contribution in [0.4, 0.5) is 0 Å². The summed E-state index contributed by atoms with van der Waals surface area (Å²) in [6, 6.07) is 4.58. The summed E-state index contributed by atoms with van der Waals surface area (Å²) >= 11 is 3.57. The lowest BCUT2D eigenvalue weighted by molar-refractivity contribution is 0.147. The Morgan fingerprint density at radius 1 is 1.12 bits per heavy atom. The Morgan fingerprint density at radius 3 is 2.18 bits per heavy atom. The number of halogens is 1. The molecule has 1 saturated carbocycles. The highest BCUT2D eigenvalue weighted by molar-refractivity contribution is 9.10. The molecule has 17 heavy (non-hydrogen) atoms. The van der Waals surface area contributed by atoms with Crippen molar-refractivity contribution in [1.82, 2.24) is 0 Å². The maximum absolute atomic E-state index is 6.04. The lowest BCUT2D eigenvalue weighted by atomic mass is 9.94. The standard InChI is InChI=1S/C14H20BrNO/c1-9-7-13(8-10(2)14(9)15)17-12-5-3-11(16)4-6-12/h7-8,11-12H,3-6,16H2,1-2H3. The van der Waals surface area contributed by atoms with E-state index in [0.29, 0.717) is 12.1 Å². The summed E-state index contributed by atoms with van der Waals surface area (Å²) in [4.78, 5) is 0. The minimum Gasteiger partial charge on any atom is -0.490 e. The molecule has 2 N–H and O–H groups in total. The first-order valence-electron chi connectivity index (χ1n) is 6.25. The first-order chi connectivity index (χ1) is 8.06. The highest BCUT2D eigenvalue weighted by Crippen LogP contribution is 2.29. The zero-order valence-electron chi connectivity index (χ0n) is 10.5. The molecule has 1 aliphatic rings. The second-order valence-corrected chi connectivity index (χ2v) is 5.82. The van der Waals surface area contributed by atoms with Gasteiger partial charge < -0.3 is 10.5 Å². The number of ether oxygens (including phenoxy) is 1. The third kappa shape index (κ3) is 3.23. The van der Waals surface area contributed by atoms with Crippen LogP contribution in [0, 0.1) is 13.8 Å². The molecule has 0 atom stereocenters. The van der Waals surface area contributed by atoms with E-state index >= 15 is 0 Å². The lowest BCUT2D eigenvalue weighted by Gasteiger charge is -2.27. The highest BCUT2D eigenvalue weighted by atomic mass is 79.9. The summed E-state index contributed by atoms with van der Waals surface area (Å²) in [6.45, 7) is 4.20. The van der Waals surface area contributed by atoms with Crippen molar-refractivity contribution in [3.05, 3.63) is 27.7 Å². The largest absolute Gasteiger partial charge is 0.490 e. The van der Waals surface area contributed by atoms with Crippen LogP contribution >= 0.6 is 15.9 Å². The van der Waals surface area contributed by atoms with E-state index in [9.17, 15) is 0 Å². The molecule has 0 saturated heterocycles. The molecular weight excluding hydrogens is 278 g/mol. The van der Waals surface area contributed by atoms with Gasteiger partial charge >= 0.3 is 0 Å². The Balaban J connectivity index is 2.04. The number of rotatable bonds is 2. The fourth-order valence-electron chi connectivity index (χ4n) is 2.37. The Kier molecular flexibility index (Phi) is 4.10. The van der Waals surface area contributed by atoms with Gasteiger partial charge in [0, 0.05) is 10.5 Å². The molecule has 1 aliphatic carbocycles. The van der Waals surface area contributed by atoms with E-state index in [-0.39, 0.29) is 0 Å². The van der Waals surface area contributed by atoms with Crippen LogP contribution in [0.5, 0.6) is 5.75 Å². The third-order valence-corrected chi connectivity index (χ3v) is 4.68. The fourth-order valence-corrected chi connectivity index (χ4v) is 2.60. The van der Waals surface area contributed by atoms with Crippen molar-refractivity contribution in [1.29, 1.82) is 0 Å². The van der Waals surface area contributed by atoms with Crippen LogP contribution in [0.2, 0.25) is 0 Å². The smallest absolute Gasteiger partial charge is 0.120 e. The van der Waals surface area contributed by atoms with Gasteiger partial charge in [-0.05, 0) is 62.8 Å². The van der Waals surface area contributed by atoms with E-state index in [1.54, 1.807) is 0 Å². The SMILES string of the molecule is Cc1cc(OC2CCC(N)CC2)cc(C)c1Br. The van der Waals surface area contributed by atoms with Gasteiger partial charge in [0.05, 0.1) is 6.10 Å². The second kappa shape index (κ2) is 5.40. The molecule has 0 spiro atoms. The molecule has 0 amide bonds. The van der Waals surface area contributed by atoms with Crippen molar-refractivity contribution in [3.8, 4) is 5.75 Å². The molecule has 0 aromatic heterocycles. The van der Waals surface area contributed by atoms with E-state index < -0.39 is 0 Å². The van der Waals surface area contributed by atoms with E-state index in [1.807, 2.05) is 0 Å². The Bertz CT molecular complexity index is 374. The summed E-state index contributed by atoms with van der Waals surface area (Å²) in [7, 11) is 0. The Labute approximate surface area is 112 Å². The van der Waals surface area contributed by atoms with Gasteiger partial charge in [0.25, 0.3) is 0 Å². The van der Waals surface area contributed by atoms with Crippen molar-refractivity contribution >= 4 is 15.9 Å². The highest BCUT2D eigenvalue weighted by Gasteiger charge is 2.20. The number of hydrogen-bond donors (Lipinski definition) is 1. The molecule has 0 aliphatic heterocycles. The third-order valence-electron chi connectivity index (χ3n) is 3.43. The minimum absolute atomic E-state index is 0.342. The summed E-state index contributed by atoms with van der Waals surface area (Å²) in [5.41, 5.74) is 8.36. The van der Waals surface area contributed by atoms with E-state index in [2.05, 4.69) is 41.9 Å². The van der Waals surface area contributed by atoms with Gasteiger partial charge in [-0.15, -0.1) is 0 Å². The second-order valence-electron chi connectivity index (χ2n) is 5.03. The summed E-state index contributed by atoms with van der Waals surface area (Å²) < 4.78 is 7.22. The predicted molar refractivity (Wildman–Crippen MR) is 74.5 cm³/mol. The molecule has 1 fully saturated rings. The average Bonchev–Trinajstić information content (AvgIpc) is 2.29. The van der Waals surface area contributed by atoms with Gasteiger partial charge in [-0.1, -0.05) is 15.9 Å². The molecule has 2 nitrogen and oxygen atoms in total. The van der Waals surface area contributed by atoms with Crippen molar-refractivity contribution < 1.29 is 4.74 Å². The fraction of sp³-hybridized carbons (Fsp3) is 0.571. The number of aryl methyl sites for hydroxylation is 2. The van der Waals surface area contributed by atoms with Gasteiger partial charge in [0.2, 0.25) is 0 Å². The molecule has 0 radical (unpaired) electrons. The summed E-state index contributed by atoms with van der Waals surface area (Å²) in [5.74, 6) is 0.990. The van der Waals surface area contributed by atoms with Crippen LogP contribution in [0.15, 0.2) is 16.6 Å². The van der Waals surface area contributed by atoms with Crippen LogP contribution in [-0.4, -0.2) is 12.1 Å². The van der Waals surface area contributed by atoms with E-state index in [1.165, 1.54) is 15.6 Å². The van der Waals surface area contributed by atoms with Crippen LogP contribution < -0.4 is 10.5 Å². The topological polar surface area (TPSA) is 35.2 Å². The first kappa shape index (κ1) is 12.9. The Hall–Kier alpha value is -0.540. The quantitative estimate of drug-likeness (QED) is 0.903. The van der Waals surface area contributed by atoms with Crippen molar-refractivity contribution in [3.63, 3.8) is 0 Å². The van der Waals surface area contributed by atoms with Crippen molar-refractivity contribution in [2.45, 2.75) is 51.7 Å². The molecule has 0 heterocycles. The average molecular weight is 298 g/mol. The molecule has 0 unspecified atom stereocenters. The number of nitrogens with two attached hydrogens (primary N) is 1. The van der Waals surface area contributed by atoms with Gasteiger partial charge in [0.1, 0.15) is 5.75 Å². The maximum Gasteiger partial charge on any atom is 0.120 e. The molecular formula is C14H20BrNO. The molecule has 94 valence electrons. The van der Waals surface area contributed by atoms with E-state index in [0.717, 1.165) is 31.4 Å². The molecule has 1 aromatic carbocycles. The first-order valence-corrected chi connectivity index (χ1v) is 7.04.